The van der Waals surface area contributed by atoms with Crippen LogP contribution in [0.25, 0.3) is 0 Å². The molecule has 1 aromatic rings. The summed E-state index contributed by atoms with van der Waals surface area (Å²) in [5.74, 6) is 0.0205. The molecular formula is C16H27N3O3. The summed E-state index contributed by atoms with van der Waals surface area (Å²) in [5.41, 5.74) is 1.34. The lowest BCUT2D eigenvalue weighted by atomic mass is 9.78. The first kappa shape index (κ1) is 17.0. The van der Waals surface area contributed by atoms with Crippen LogP contribution in [0.3, 0.4) is 0 Å². The van der Waals surface area contributed by atoms with Crippen molar-refractivity contribution in [2.45, 2.75) is 39.7 Å². The first-order valence-corrected chi connectivity index (χ1v) is 7.98. The molecule has 2 rings (SSSR count). The summed E-state index contributed by atoms with van der Waals surface area (Å²) < 4.78 is 7.00. The molecule has 6 heteroatoms. The van der Waals surface area contributed by atoms with Gasteiger partial charge in [0.1, 0.15) is 0 Å². The van der Waals surface area contributed by atoms with Crippen LogP contribution in [0.5, 0.6) is 0 Å². The van der Waals surface area contributed by atoms with Crippen molar-refractivity contribution in [2.24, 2.45) is 5.41 Å². The number of likely N-dealkylation sites (tertiary alicyclic amines) is 1. The Labute approximate surface area is 132 Å². The summed E-state index contributed by atoms with van der Waals surface area (Å²) in [4.78, 5) is 14.6. The number of rotatable bonds is 6. The number of aryl methyl sites for hydroxylation is 1. The smallest absolute Gasteiger partial charge is 0.257 e. The Kier molecular flexibility index (Phi) is 5.58. The number of hydrogen-bond donors (Lipinski definition) is 1. The van der Waals surface area contributed by atoms with Gasteiger partial charge < -0.3 is 14.7 Å². The van der Waals surface area contributed by atoms with Crippen molar-refractivity contribution >= 4 is 5.91 Å². The number of nitrogens with zero attached hydrogens (tertiary/aromatic N) is 3. The molecule has 1 amide bonds. The van der Waals surface area contributed by atoms with Gasteiger partial charge in [0, 0.05) is 44.5 Å². The van der Waals surface area contributed by atoms with Crippen LogP contribution < -0.4 is 0 Å². The number of amides is 1. The molecule has 2 heterocycles. The molecule has 1 aromatic heterocycles. The Balaban J connectivity index is 2.13. The SMILES string of the molecule is CCn1ncc(C(=O)N2CCCC(CO)(CCOC)C2)c1C. The maximum absolute atomic E-state index is 12.8. The van der Waals surface area contributed by atoms with Crippen molar-refractivity contribution in [3.8, 4) is 0 Å². The van der Waals surface area contributed by atoms with Crippen LogP contribution in [0.4, 0.5) is 0 Å². The van der Waals surface area contributed by atoms with Gasteiger partial charge >= 0.3 is 0 Å². The number of piperidine rings is 1. The fourth-order valence-corrected chi connectivity index (χ4v) is 3.26. The molecule has 1 saturated heterocycles. The van der Waals surface area contributed by atoms with Crippen LogP contribution in [-0.2, 0) is 11.3 Å². The number of ether oxygens (including phenoxy) is 1. The molecule has 0 aliphatic carbocycles. The molecule has 0 aromatic carbocycles. The van der Waals surface area contributed by atoms with Gasteiger partial charge in [-0.1, -0.05) is 0 Å². The van der Waals surface area contributed by atoms with Crippen LogP contribution in [0, 0.1) is 12.3 Å². The fraction of sp³-hybridized carbons (Fsp3) is 0.750. The zero-order chi connectivity index (χ0) is 16.2. The zero-order valence-electron chi connectivity index (χ0n) is 13.8. The van der Waals surface area contributed by atoms with Gasteiger partial charge in [-0.3, -0.25) is 9.48 Å². The molecule has 0 saturated carbocycles. The van der Waals surface area contributed by atoms with Gasteiger partial charge in [-0.05, 0) is 33.1 Å². The van der Waals surface area contributed by atoms with Crippen LogP contribution in [-0.4, -0.2) is 59.1 Å². The van der Waals surface area contributed by atoms with Gasteiger partial charge in [0.05, 0.1) is 18.4 Å². The average Bonchev–Trinajstić information content (AvgIpc) is 2.93. The largest absolute Gasteiger partial charge is 0.396 e. The standard InChI is InChI=1S/C16H27N3O3/c1-4-19-13(2)14(10-17-19)15(21)18-8-5-6-16(11-18,12-20)7-9-22-3/h10,20H,4-9,11-12H2,1-3H3. The highest BCUT2D eigenvalue weighted by atomic mass is 16.5. The maximum atomic E-state index is 12.8. The molecule has 6 nitrogen and oxygen atoms in total. The third-order valence-electron chi connectivity index (χ3n) is 4.75. The van der Waals surface area contributed by atoms with Gasteiger partial charge in [0.15, 0.2) is 0 Å². The van der Waals surface area contributed by atoms with Crippen molar-refractivity contribution in [3.63, 3.8) is 0 Å². The van der Waals surface area contributed by atoms with E-state index in [1.165, 1.54) is 0 Å². The van der Waals surface area contributed by atoms with E-state index < -0.39 is 0 Å². The van der Waals surface area contributed by atoms with E-state index in [2.05, 4.69) is 5.10 Å². The number of aliphatic hydroxyl groups is 1. The van der Waals surface area contributed by atoms with Gasteiger partial charge in [0.25, 0.3) is 5.91 Å². The quantitative estimate of drug-likeness (QED) is 0.864. The number of carbonyl (C=O) groups is 1. The van der Waals surface area contributed by atoms with E-state index in [1.54, 1.807) is 13.3 Å². The molecule has 1 aliphatic rings. The van der Waals surface area contributed by atoms with Crippen molar-refractivity contribution in [3.05, 3.63) is 17.5 Å². The lowest BCUT2D eigenvalue weighted by Gasteiger charge is -2.41. The Bertz CT molecular complexity index is 515. The molecule has 1 fully saturated rings. The average molecular weight is 309 g/mol. The second-order valence-electron chi connectivity index (χ2n) is 6.19. The highest BCUT2D eigenvalue weighted by molar-refractivity contribution is 5.95. The molecule has 124 valence electrons. The monoisotopic (exact) mass is 309 g/mol. The molecule has 0 spiro atoms. The van der Waals surface area contributed by atoms with Crippen LogP contribution in [0.2, 0.25) is 0 Å². The number of aliphatic hydroxyl groups excluding tert-OH is 1. The third kappa shape index (κ3) is 3.33. The van der Waals surface area contributed by atoms with E-state index in [9.17, 15) is 9.90 Å². The predicted octanol–water partition coefficient (Wildman–Crippen LogP) is 1.46. The van der Waals surface area contributed by atoms with Crippen LogP contribution in [0.1, 0.15) is 42.2 Å². The van der Waals surface area contributed by atoms with E-state index in [0.29, 0.717) is 18.7 Å². The highest BCUT2D eigenvalue weighted by Crippen LogP contribution is 2.33. The maximum Gasteiger partial charge on any atom is 0.257 e. The van der Waals surface area contributed by atoms with E-state index >= 15 is 0 Å². The van der Waals surface area contributed by atoms with Crippen molar-refractivity contribution in [2.75, 3.05) is 33.4 Å². The van der Waals surface area contributed by atoms with Gasteiger partial charge in [-0.15, -0.1) is 0 Å². The van der Waals surface area contributed by atoms with Crippen molar-refractivity contribution in [1.82, 2.24) is 14.7 Å². The second kappa shape index (κ2) is 7.24. The molecule has 1 atom stereocenters. The molecule has 1 aliphatic heterocycles. The summed E-state index contributed by atoms with van der Waals surface area (Å²) in [7, 11) is 1.67. The van der Waals surface area contributed by atoms with Gasteiger partial charge in [-0.2, -0.15) is 5.10 Å². The van der Waals surface area contributed by atoms with E-state index in [1.807, 2.05) is 23.4 Å². The fourth-order valence-electron chi connectivity index (χ4n) is 3.26. The molecule has 0 bridgehead atoms. The van der Waals surface area contributed by atoms with Crippen LogP contribution >= 0.6 is 0 Å². The van der Waals surface area contributed by atoms with E-state index in [0.717, 1.165) is 38.0 Å². The first-order valence-electron chi connectivity index (χ1n) is 7.98. The third-order valence-corrected chi connectivity index (χ3v) is 4.75. The minimum Gasteiger partial charge on any atom is -0.396 e. The highest BCUT2D eigenvalue weighted by Gasteiger charge is 2.37. The minimum absolute atomic E-state index is 0.0205. The van der Waals surface area contributed by atoms with Gasteiger partial charge in [0.2, 0.25) is 0 Å². The topological polar surface area (TPSA) is 67.6 Å². The number of hydrogen-bond acceptors (Lipinski definition) is 4. The molecule has 22 heavy (non-hydrogen) atoms. The predicted molar refractivity (Wildman–Crippen MR) is 83.8 cm³/mol. The Morgan fingerprint density at radius 3 is 2.91 bits per heavy atom. The Hall–Kier alpha value is -1.40. The van der Waals surface area contributed by atoms with Crippen molar-refractivity contribution in [1.29, 1.82) is 0 Å². The lowest BCUT2D eigenvalue weighted by molar-refractivity contribution is 0.00895. The number of methoxy groups -OCH3 is 1. The Morgan fingerprint density at radius 1 is 1.55 bits per heavy atom. The second-order valence-corrected chi connectivity index (χ2v) is 6.19. The van der Waals surface area contributed by atoms with Gasteiger partial charge in [-0.25, -0.2) is 0 Å². The minimum atomic E-state index is -0.238. The summed E-state index contributed by atoms with van der Waals surface area (Å²) in [6, 6.07) is 0. The molecular weight excluding hydrogens is 282 g/mol. The van der Waals surface area contributed by atoms with E-state index in [4.69, 9.17) is 4.74 Å². The first-order chi connectivity index (χ1) is 10.6. The zero-order valence-corrected chi connectivity index (χ0v) is 13.8. The Morgan fingerprint density at radius 2 is 2.32 bits per heavy atom. The summed E-state index contributed by atoms with van der Waals surface area (Å²) in [5, 5.41) is 14.1. The van der Waals surface area contributed by atoms with E-state index in [-0.39, 0.29) is 17.9 Å². The van der Waals surface area contributed by atoms with Crippen LogP contribution in [0.15, 0.2) is 6.20 Å². The van der Waals surface area contributed by atoms with Crippen molar-refractivity contribution < 1.29 is 14.6 Å². The molecule has 1 unspecified atom stereocenters. The summed E-state index contributed by atoms with van der Waals surface area (Å²) in [6.07, 6.45) is 4.28. The number of aromatic nitrogens is 2. The summed E-state index contributed by atoms with van der Waals surface area (Å²) >= 11 is 0. The lowest BCUT2D eigenvalue weighted by Crippen LogP contribution is -2.48. The molecule has 0 radical (unpaired) electrons. The normalized spacial score (nSPS) is 22.1. The molecule has 1 N–H and O–H groups in total. The summed E-state index contributed by atoms with van der Waals surface area (Å²) in [6.45, 7) is 6.72. The number of carbonyl (C=O) groups excluding carboxylic acids is 1.